The first kappa shape index (κ1) is 20.1. The van der Waals surface area contributed by atoms with Crippen LogP contribution in [0.4, 0.5) is 5.69 Å². The molecule has 152 valence electrons. The molecule has 0 radical (unpaired) electrons. The van der Waals surface area contributed by atoms with Gasteiger partial charge in [-0.3, -0.25) is 14.9 Å². The second-order valence-electron chi connectivity index (χ2n) is 6.41. The van der Waals surface area contributed by atoms with Gasteiger partial charge in [0.05, 0.1) is 25.2 Å². The molecule has 0 spiro atoms. The lowest BCUT2D eigenvalue weighted by Crippen LogP contribution is -2.50. The molecular weight excluding hydrogens is 380 g/mol. The monoisotopic (exact) mass is 400 g/mol. The number of nitro benzene ring substituents is 1. The van der Waals surface area contributed by atoms with Crippen LogP contribution < -0.4 is 9.47 Å². The van der Waals surface area contributed by atoms with Crippen molar-refractivity contribution < 1.29 is 28.7 Å². The fourth-order valence-electron chi connectivity index (χ4n) is 3.24. The summed E-state index contributed by atoms with van der Waals surface area (Å²) in [5.41, 5.74) is 1.58. The van der Waals surface area contributed by atoms with Crippen molar-refractivity contribution in [2.75, 3.05) is 20.8 Å². The first-order chi connectivity index (χ1) is 13.9. The van der Waals surface area contributed by atoms with Crippen molar-refractivity contribution in [1.82, 2.24) is 4.90 Å². The largest absolute Gasteiger partial charge is 0.496 e. The average molecular weight is 400 g/mol. The minimum Gasteiger partial charge on any atom is -0.496 e. The van der Waals surface area contributed by atoms with Crippen LogP contribution >= 0.6 is 0 Å². The molecule has 2 aromatic carbocycles. The lowest BCUT2D eigenvalue weighted by atomic mass is 9.94. The Labute approximate surface area is 166 Å². The molecule has 0 fully saturated rings. The van der Waals surface area contributed by atoms with Crippen LogP contribution in [0.2, 0.25) is 0 Å². The number of nitro groups is 1. The van der Waals surface area contributed by atoms with Crippen LogP contribution in [0, 0.1) is 10.1 Å². The van der Waals surface area contributed by atoms with Gasteiger partial charge in [0.25, 0.3) is 5.91 Å². The van der Waals surface area contributed by atoms with Gasteiger partial charge in [-0.25, -0.2) is 4.79 Å². The number of benzene rings is 2. The number of hydrogen-bond acceptors (Lipinski definition) is 7. The fraction of sp³-hybridized carbons (Fsp3) is 0.300. The summed E-state index contributed by atoms with van der Waals surface area (Å²) >= 11 is 0. The molecule has 3 rings (SSSR count). The highest BCUT2D eigenvalue weighted by molar-refractivity contribution is 5.86. The Bertz CT molecular complexity index is 944. The van der Waals surface area contributed by atoms with Crippen molar-refractivity contribution in [3.05, 3.63) is 63.7 Å². The first-order valence-corrected chi connectivity index (χ1v) is 8.84. The van der Waals surface area contributed by atoms with Crippen LogP contribution in [0.1, 0.15) is 11.1 Å². The zero-order valence-electron chi connectivity index (χ0n) is 16.0. The average Bonchev–Trinajstić information content (AvgIpc) is 2.75. The van der Waals surface area contributed by atoms with E-state index in [2.05, 4.69) is 0 Å². The highest BCUT2D eigenvalue weighted by Crippen LogP contribution is 2.31. The summed E-state index contributed by atoms with van der Waals surface area (Å²) in [7, 11) is 2.66. The van der Waals surface area contributed by atoms with Crippen LogP contribution in [-0.4, -0.2) is 48.6 Å². The maximum Gasteiger partial charge on any atom is 0.328 e. The van der Waals surface area contributed by atoms with Gasteiger partial charge in [0, 0.05) is 13.0 Å². The number of carbonyl (C=O) groups is 2. The third-order valence-electron chi connectivity index (χ3n) is 4.76. The van der Waals surface area contributed by atoms with E-state index in [-0.39, 0.29) is 18.0 Å². The summed E-state index contributed by atoms with van der Waals surface area (Å²) in [5.74, 6) is -0.756. The standard InChI is InChI=1S/C20H20N2O7/c1-27-15-7-8-18(16(10-15)22(25)26)29-12-19(23)21-11-14-6-4-3-5-13(14)9-17(21)20(24)28-2/h3-8,10,17H,9,11-12H2,1-2H3/t17-/m0/s1. The molecule has 1 aliphatic heterocycles. The summed E-state index contributed by atoms with van der Waals surface area (Å²) in [6, 6.07) is 10.8. The van der Waals surface area contributed by atoms with Crippen molar-refractivity contribution in [2.24, 2.45) is 0 Å². The molecule has 0 aromatic heterocycles. The summed E-state index contributed by atoms with van der Waals surface area (Å²) < 4.78 is 15.2. The van der Waals surface area contributed by atoms with E-state index in [1.807, 2.05) is 24.3 Å². The van der Waals surface area contributed by atoms with Crippen LogP contribution in [0.5, 0.6) is 11.5 Å². The smallest absolute Gasteiger partial charge is 0.328 e. The molecule has 1 amide bonds. The quantitative estimate of drug-likeness (QED) is 0.415. The number of methoxy groups -OCH3 is 2. The molecule has 9 heteroatoms. The molecule has 0 aliphatic carbocycles. The van der Waals surface area contributed by atoms with Crippen molar-refractivity contribution in [3.63, 3.8) is 0 Å². The van der Waals surface area contributed by atoms with Gasteiger partial charge in [0.2, 0.25) is 0 Å². The molecule has 0 unspecified atom stereocenters. The van der Waals surface area contributed by atoms with E-state index in [9.17, 15) is 19.7 Å². The van der Waals surface area contributed by atoms with Gasteiger partial charge in [0.15, 0.2) is 12.4 Å². The predicted octanol–water partition coefficient (Wildman–Crippen LogP) is 2.11. The maximum absolute atomic E-state index is 12.8. The van der Waals surface area contributed by atoms with Crippen LogP contribution in [-0.2, 0) is 27.3 Å². The normalized spacial score (nSPS) is 15.2. The number of ether oxygens (including phenoxy) is 3. The summed E-state index contributed by atoms with van der Waals surface area (Å²) in [4.78, 5) is 37.1. The Morgan fingerprint density at radius 2 is 1.90 bits per heavy atom. The zero-order chi connectivity index (χ0) is 21.0. The molecule has 0 N–H and O–H groups in total. The molecule has 0 saturated carbocycles. The molecule has 29 heavy (non-hydrogen) atoms. The highest BCUT2D eigenvalue weighted by atomic mass is 16.6. The molecule has 9 nitrogen and oxygen atoms in total. The van der Waals surface area contributed by atoms with Gasteiger partial charge in [-0.05, 0) is 23.3 Å². The Hall–Kier alpha value is -3.62. The van der Waals surface area contributed by atoms with E-state index in [1.165, 1.54) is 37.3 Å². The van der Waals surface area contributed by atoms with Crippen LogP contribution in [0.3, 0.4) is 0 Å². The van der Waals surface area contributed by atoms with E-state index in [4.69, 9.17) is 14.2 Å². The Morgan fingerprint density at radius 3 is 2.55 bits per heavy atom. The fourth-order valence-corrected chi connectivity index (χ4v) is 3.24. The van der Waals surface area contributed by atoms with Gasteiger partial charge in [-0.2, -0.15) is 0 Å². The second kappa shape index (κ2) is 8.59. The van der Waals surface area contributed by atoms with Gasteiger partial charge >= 0.3 is 11.7 Å². The number of hydrogen-bond donors (Lipinski definition) is 0. The molecule has 1 aliphatic rings. The number of fused-ring (bicyclic) bond motifs is 1. The van der Waals surface area contributed by atoms with E-state index in [0.29, 0.717) is 12.2 Å². The third-order valence-corrected chi connectivity index (χ3v) is 4.76. The summed E-state index contributed by atoms with van der Waals surface area (Å²) in [6.45, 7) is -0.230. The van der Waals surface area contributed by atoms with E-state index >= 15 is 0 Å². The highest BCUT2D eigenvalue weighted by Gasteiger charge is 2.35. The lowest BCUT2D eigenvalue weighted by molar-refractivity contribution is -0.385. The summed E-state index contributed by atoms with van der Waals surface area (Å²) in [5, 5.41) is 11.3. The van der Waals surface area contributed by atoms with Crippen LogP contribution in [0.25, 0.3) is 0 Å². The maximum atomic E-state index is 12.8. The van der Waals surface area contributed by atoms with Gasteiger partial charge in [-0.15, -0.1) is 0 Å². The minimum atomic E-state index is -0.781. The molecule has 0 bridgehead atoms. The predicted molar refractivity (Wildman–Crippen MR) is 102 cm³/mol. The number of esters is 1. The first-order valence-electron chi connectivity index (χ1n) is 8.84. The number of nitrogens with zero attached hydrogens (tertiary/aromatic N) is 2. The van der Waals surface area contributed by atoms with Gasteiger partial charge in [-0.1, -0.05) is 24.3 Å². The molecule has 0 saturated heterocycles. The van der Waals surface area contributed by atoms with Gasteiger partial charge in [0.1, 0.15) is 11.8 Å². The third kappa shape index (κ3) is 4.29. The summed E-state index contributed by atoms with van der Waals surface area (Å²) in [6.07, 6.45) is 0.331. The SMILES string of the molecule is COC(=O)[C@@H]1Cc2ccccc2CN1C(=O)COc1ccc(OC)cc1[N+](=O)[O-]. The van der Waals surface area contributed by atoms with Crippen molar-refractivity contribution in [2.45, 2.75) is 19.0 Å². The molecule has 2 aromatic rings. The van der Waals surface area contributed by atoms with E-state index in [1.54, 1.807) is 0 Å². The van der Waals surface area contributed by atoms with Crippen molar-refractivity contribution in [3.8, 4) is 11.5 Å². The Morgan fingerprint density at radius 1 is 1.17 bits per heavy atom. The van der Waals surface area contributed by atoms with E-state index in [0.717, 1.165) is 11.1 Å². The van der Waals surface area contributed by atoms with Crippen molar-refractivity contribution >= 4 is 17.6 Å². The number of rotatable bonds is 6. The minimum absolute atomic E-state index is 0.0591. The molecule has 1 heterocycles. The molecular formula is C20H20N2O7. The van der Waals surface area contributed by atoms with E-state index < -0.39 is 29.4 Å². The van der Waals surface area contributed by atoms with Crippen molar-refractivity contribution in [1.29, 1.82) is 0 Å². The Balaban J connectivity index is 1.79. The van der Waals surface area contributed by atoms with Crippen LogP contribution in [0.15, 0.2) is 42.5 Å². The lowest BCUT2D eigenvalue weighted by Gasteiger charge is -2.35. The number of carbonyl (C=O) groups excluding carboxylic acids is 2. The Kier molecular flexibility index (Phi) is 5.96. The zero-order valence-corrected chi connectivity index (χ0v) is 16.0. The second-order valence-corrected chi connectivity index (χ2v) is 6.41. The topological polar surface area (TPSA) is 108 Å². The molecule has 1 atom stereocenters. The number of amides is 1. The van der Waals surface area contributed by atoms with Gasteiger partial charge < -0.3 is 19.1 Å².